The average molecular weight is 239 g/mol. The number of hydrogen-bond donors (Lipinski definition) is 2. The number of benzene rings is 1. The molecule has 1 aromatic rings. The SMILES string of the molecule is NC1(c2c(O)c(F)cc3c2OCCCO3)CC1. The Morgan fingerprint density at radius 1 is 1.29 bits per heavy atom. The van der Waals surface area contributed by atoms with Crippen molar-refractivity contribution in [2.75, 3.05) is 13.2 Å². The maximum absolute atomic E-state index is 13.6. The lowest BCUT2D eigenvalue weighted by atomic mass is 10.0. The summed E-state index contributed by atoms with van der Waals surface area (Å²) < 4.78 is 24.6. The lowest BCUT2D eigenvalue weighted by Crippen LogP contribution is -2.20. The number of ether oxygens (including phenoxy) is 2. The normalized spacial score (nSPS) is 20.8. The summed E-state index contributed by atoms with van der Waals surface area (Å²) in [7, 11) is 0. The topological polar surface area (TPSA) is 64.7 Å². The van der Waals surface area contributed by atoms with Gasteiger partial charge in [0.25, 0.3) is 0 Å². The first kappa shape index (κ1) is 10.7. The Bertz CT molecular complexity index is 471. The third-order valence-electron chi connectivity index (χ3n) is 3.25. The molecule has 1 aliphatic heterocycles. The predicted octanol–water partition coefficient (Wildman–Crippen LogP) is 1.64. The molecule has 1 aromatic carbocycles. The van der Waals surface area contributed by atoms with Crippen LogP contribution in [0.5, 0.6) is 17.2 Å². The first-order valence-electron chi connectivity index (χ1n) is 5.72. The number of phenols is 1. The number of hydrogen-bond acceptors (Lipinski definition) is 4. The van der Waals surface area contributed by atoms with Crippen LogP contribution in [0, 0.1) is 5.82 Å². The summed E-state index contributed by atoms with van der Waals surface area (Å²) >= 11 is 0. The van der Waals surface area contributed by atoms with E-state index in [1.807, 2.05) is 0 Å². The van der Waals surface area contributed by atoms with Crippen LogP contribution in [0.3, 0.4) is 0 Å². The molecule has 1 saturated carbocycles. The van der Waals surface area contributed by atoms with Crippen molar-refractivity contribution in [1.29, 1.82) is 0 Å². The second-order valence-corrected chi connectivity index (χ2v) is 4.62. The zero-order valence-corrected chi connectivity index (χ0v) is 9.33. The van der Waals surface area contributed by atoms with E-state index in [4.69, 9.17) is 15.2 Å². The molecule has 0 amide bonds. The molecule has 17 heavy (non-hydrogen) atoms. The summed E-state index contributed by atoms with van der Waals surface area (Å²) in [4.78, 5) is 0. The summed E-state index contributed by atoms with van der Waals surface area (Å²) in [5.41, 5.74) is 5.74. The molecule has 0 unspecified atom stereocenters. The quantitative estimate of drug-likeness (QED) is 0.782. The minimum Gasteiger partial charge on any atom is -0.504 e. The third-order valence-corrected chi connectivity index (χ3v) is 3.25. The highest BCUT2D eigenvalue weighted by Gasteiger charge is 2.46. The Morgan fingerprint density at radius 2 is 2.00 bits per heavy atom. The molecule has 3 N–H and O–H groups in total. The molecule has 3 rings (SSSR count). The molecule has 0 saturated heterocycles. The van der Waals surface area contributed by atoms with E-state index in [1.165, 1.54) is 0 Å². The van der Waals surface area contributed by atoms with Gasteiger partial charge in [-0.3, -0.25) is 0 Å². The number of aromatic hydroxyl groups is 1. The molecule has 0 spiro atoms. The predicted molar refractivity (Wildman–Crippen MR) is 58.8 cm³/mol. The van der Waals surface area contributed by atoms with E-state index in [1.54, 1.807) is 0 Å². The van der Waals surface area contributed by atoms with Crippen LogP contribution in [0.1, 0.15) is 24.8 Å². The van der Waals surface area contributed by atoms with Crippen molar-refractivity contribution in [3.8, 4) is 17.2 Å². The molecule has 0 atom stereocenters. The Kier molecular flexibility index (Phi) is 2.19. The van der Waals surface area contributed by atoms with Crippen LogP contribution in [-0.2, 0) is 5.54 Å². The standard InChI is InChI=1S/C12H14FNO3/c13-7-6-8-11(17-5-1-4-16-8)9(10(7)15)12(14)2-3-12/h6,15H,1-5,14H2. The average Bonchev–Trinajstić information content (AvgIpc) is 3.05. The minimum atomic E-state index is -0.707. The third kappa shape index (κ3) is 1.61. The van der Waals surface area contributed by atoms with Crippen LogP contribution in [0.25, 0.3) is 0 Å². The molecule has 4 nitrogen and oxygen atoms in total. The molecule has 2 aliphatic rings. The Morgan fingerprint density at radius 3 is 2.71 bits per heavy atom. The van der Waals surface area contributed by atoms with Crippen molar-refractivity contribution in [1.82, 2.24) is 0 Å². The van der Waals surface area contributed by atoms with Crippen molar-refractivity contribution < 1.29 is 19.0 Å². The van der Waals surface area contributed by atoms with Gasteiger partial charge in [-0.05, 0) is 12.8 Å². The van der Waals surface area contributed by atoms with Gasteiger partial charge < -0.3 is 20.3 Å². The van der Waals surface area contributed by atoms with E-state index in [2.05, 4.69) is 0 Å². The second kappa shape index (κ2) is 3.50. The van der Waals surface area contributed by atoms with E-state index in [0.717, 1.165) is 25.3 Å². The minimum absolute atomic E-state index is 0.338. The second-order valence-electron chi connectivity index (χ2n) is 4.62. The highest BCUT2D eigenvalue weighted by Crippen LogP contribution is 2.54. The van der Waals surface area contributed by atoms with E-state index < -0.39 is 17.1 Å². The van der Waals surface area contributed by atoms with Gasteiger partial charge in [-0.2, -0.15) is 0 Å². The number of rotatable bonds is 1. The van der Waals surface area contributed by atoms with Crippen LogP contribution < -0.4 is 15.2 Å². The number of phenolic OH excluding ortho intramolecular Hbond substituents is 1. The fraction of sp³-hybridized carbons (Fsp3) is 0.500. The van der Waals surface area contributed by atoms with Gasteiger partial charge in [-0.15, -0.1) is 0 Å². The lowest BCUT2D eigenvalue weighted by molar-refractivity contribution is 0.295. The van der Waals surface area contributed by atoms with Crippen LogP contribution in [-0.4, -0.2) is 18.3 Å². The maximum atomic E-state index is 13.6. The molecule has 1 fully saturated rings. The molecular weight excluding hydrogens is 225 g/mol. The zero-order chi connectivity index (χ0) is 12.0. The highest BCUT2D eigenvalue weighted by atomic mass is 19.1. The van der Waals surface area contributed by atoms with Crippen molar-refractivity contribution in [2.24, 2.45) is 5.73 Å². The van der Waals surface area contributed by atoms with Crippen molar-refractivity contribution in [3.05, 3.63) is 17.4 Å². The van der Waals surface area contributed by atoms with Gasteiger partial charge in [0.2, 0.25) is 0 Å². The molecule has 92 valence electrons. The Labute approximate surface area is 98.1 Å². The van der Waals surface area contributed by atoms with E-state index in [-0.39, 0.29) is 0 Å². The molecule has 1 aliphatic carbocycles. The number of halogens is 1. The molecule has 5 heteroatoms. The van der Waals surface area contributed by atoms with Crippen LogP contribution in [0.15, 0.2) is 6.07 Å². The molecule has 0 radical (unpaired) electrons. The fourth-order valence-electron chi connectivity index (χ4n) is 2.11. The number of fused-ring (bicyclic) bond motifs is 1. The molecular formula is C12H14FNO3. The fourth-order valence-corrected chi connectivity index (χ4v) is 2.11. The molecule has 1 heterocycles. The van der Waals surface area contributed by atoms with Crippen LogP contribution in [0.2, 0.25) is 0 Å². The lowest BCUT2D eigenvalue weighted by Gasteiger charge is -2.18. The van der Waals surface area contributed by atoms with Gasteiger partial charge in [0.05, 0.1) is 18.8 Å². The highest BCUT2D eigenvalue weighted by molar-refractivity contribution is 5.59. The van der Waals surface area contributed by atoms with Crippen LogP contribution in [0.4, 0.5) is 4.39 Å². The zero-order valence-electron chi connectivity index (χ0n) is 9.33. The van der Waals surface area contributed by atoms with Gasteiger partial charge in [0.1, 0.15) is 0 Å². The largest absolute Gasteiger partial charge is 0.504 e. The van der Waals surface area contributed by atoms with Gasteiger partial charge in [-0.1, -0.05) is 0 Å². The summed E-state index contributed by atoms with van der Waals surface area (Å²) in [5.74, 6) is -0.374. The smallest absolute Gasteiger partial charge is 0.170 e. The number of nitrogens with two attached hydrogens (primary N) is 1. The Balaban J connectivity index is 2.20. The molecule has 0 bridgehead atoms. The maximum Gasteiger partial charge on any atom is 0.170 e. The summed E-state index contributed by atoms with van der Waals surface area (Å²) in [6, 6.07) is 1.16. The first-order chi connectivity index (χ1) is 8.12. The van der Waals surface area contributed by atoms with E-state index in [0.29, 0.717) is 30.3 Å². The first-order valence-corrected chi connectivity index (χ1v) is 5.72. The summed E-state index contributed by atoms with van der Waals surface area (Å²) in [6.45, 7) is 0.968. The van der Waals surface area contributed by atoms with Gasteiger partial charge in [0, 0.05) is 18.0 Å². The van der Waals surface area contributed by atoms with Gasteiger partial charge in [0.15, 0.2) is 23.1 Å². The van der Waals surface area contributed by atoms with Crippen molar-refractivity contribution in [3.63, 3.8) is 0 Å². The van der Waals surface area contributed by atoms with E-state index >= 15 is 0 Å². The summed E-state index contributed by atoms with van der Waals surface area (Å²) in [5, 5.41) is 9.83. The van der Waals surface area contributed by atoms with Crippen LogP contribution >= 0.6 is 0 Å². The molecule has 0 aromatic heterocycles. The Hall–Kier alpha value is -1.49. The van der Waals surface area contributed by atoms with E-state index in [9.17, 15) is 9.50 Å². The van der Waals surface area contributed by atoms with Crippen molar-refractivity contribution >= 4 is 0 Å². The van der Waals surface area contributed by atoms with Crippen molar-refractivity contribution in [2.45, 2.75) is 24.8 Å². The monoisotopic (exact) mass is 239 g/mol. The summed E-state index contributed by atoms with van der Waals surface area (Å²) in [6.07, 6.45) is 2.17. The van der Waals surface area contributed by atoms with Gasteiger partial charge >= 0.3 is 0 Å². The van der Waals surface area contributed by atoms with Gasteiger partial charge in [-0.25, -0.2) is 4.39 Å².